The summed E-state index contributed by atoms with van der Waals surface area (Å²) in [6.45, 7) is 9.53. The Labute approximate surface area is 379 Å². The van der Waals surface area contributed by atoms with Crippen LogP contribution in [0.5, 0.6) is 5.75 Å². The zero-order valence-electron chi connectivity index (χ0n) is 37.4. The number of anilines is 3. The zero-order chi connectivity index (χ0) is 45.9. The van der Waals surface area contributed by atoms with Gasteiger partial charge in [-0.15, -0.1) is 0 Å². The maximum Gasteiger partial charge on any atom is 0.289 e. The van der Waals surface area contributed by atoms with Crippen molar-refractivity contribution in [1.29, 1.82) is 0 Å². The van der Waals surface area contributed by atoms with Gasteiger partial charge in [0.2, 0.25) is 17.6 Å². The lowest BCUT2D eigenvalue weighted by Crippen LogP contribution is -2.52. The molecule has 9 rings (SSSR count). The van der Waals surface area contributed by atoms with Gasteiger partial charge in [-0.05, 0) is 64.3 Å². The van der Waals surface area contributed by atoms with Gasteiger partial charge in [0.1, 0.15) is 34.8 Å². The minimum absolute atomic E-state index is 0.0165. The molecule has 1 saturated carbocycles. The summed E-state index contributed by atoms with van der Waals surface area (Å²) in [7, 11) is 1.62. The smallest absolute Gasteiger partial charge is 0.289 e. The minimum Gasteiger partial charge on any atom is -0.496 e. The number of aromatic nitrogens is 6. The highest BCUT2D eigenvalue weighted by Crippen LogP contribution is 2.43. The van der Waals surface area contributed by atoms with E-state index in [0.29, 0.717) is 98.9 Å². The van der Waals surface area contributed by atoms with Crippen molar-refractivity contribution >= 4 is 62.9 Å². The number of H-pyrrole nitrogens is 1. The number of piperidine rings is 1. The standard InChI is InChI=1S/C46H53N11O9/c1-5-57-37(23-33(54-57)27-9-10-27)50-42-40-29-22-36(62-4)30(39-25(2)55-66-26(39)3)21-34(29)49-41(40)52-43(53-42)45(60)48-14-16-64-18-20-65-19-17-63-15-13-47-32-8-6-7-28-31(32)24-56(46(28)61)35-11-12-38(58)51-44(35)59/h6-8,21-23,27,35,47H,5,9-20,24H2,1-4H3,(H,48,60)(H,51,58,59)(H2,49,50,52,53). The fourth-order valence-electron chi connectivity index (χ4n) is 8.59. The summed E-state index contributed by atoms with van der Waals surface area (Å²) in [6.07, 6.45) is 2.75. The van der Waals surface area contributed by atoms with Gasteiger partial charge in [-0.3, -0.25) is 24.5 Å². The highest BCUT2D eigenvalue weighted by molar-refractivity contribution is 6.14. The van der Waals surface area contributed by atoms with E-state index in [1.54, 1.807) is 19.2 Å². The van der Waals surface area contributed by atoms with E-state index >= 15 is 0 Å². The number of carbonyl (C=O) groups is 4. The Hall–Kier alpha value is -6.90. The summed E-state index contributed by atoms with van der Waals surface area (Å²) >= 11 is 0. The Morgan fingerprint density at radius 1 is 0.939 bits per heavy atom. The van der Waals surface area contributed by atoms with Crippen LogP contribution in [-0.4, -0.2) is 124 Å². The quantitative estimate of drug-likeness (QED) is 0.0478. The largest absolute Gasteiger partial charge is 0.496 e. The maximum atomic E-state index is 13.6. The lowest BCUT2D eigenvalue weighted by atomic mass is 10.0. The number of fused-ring (bicyclic) bond motifs is 4. The number of aromatic amines is 1. The van der Waals surface area contributed by atoms with Crippen LogP contribution in [0.2, 0.25) is 0 Å². The summed E-state index contributed by atoms with van der Waals surface area (Å²) < 4.78 is 30.4. The molecule has 0 bridgehead atoms. The number of aryl methyl sites for hydroxylation is 3. The monoisotopic (exact) mass is 903 g/mol. The van der Waals surface area contributed by atoms with Gasteiger partial charge in [-0.1, -0.05) is 11.2 Å². The van der Waals surface area contributed by atoms with Crippen molar-refractivity contribution in [2.75, 3.05) is 70.5 Å². The molecule has 1 atom stereocenters. The molecule has 20 heteroatoms. The van der Waals surface area contributed by atoms with Crippen molar-refractivity contribution in [3.8, 4) is 16.9 Å². The molecule has 20 nitrogen and oxygen atoms in total. The molecule has 4 amide bonds. The fourth-order valence-corrected chi connectivity index (χ4v) is 8.59. The molecule has 346 valence electrons. The van der Waals surface area contributed by atoms with Crippen LogP contribution in [-0.2, 0) is 36.9 Å². The SMILES string of the molecule is CCn1nc(C2CC2)cc1Nc1nc(C(=O)NCCOCCOCCOCCNc2cccc3c2CN(C2CCC(=O)NC2=O)C3=O)nc2[nH]c3cc(-c4c(C)noc4C)c(OC)cc3c12. The van der Waals surface area contributed by atoms with Gasteiger partial charge in [0.25, 0.3) is 11.8 Å². The third-order valence-corrected chi connectivity index (χ3v) is 12.0. The molecule has 2 aliphatic heterocycles. The van der Waals surface area contributed by atoms with Crippen molar-refractivity contribution < 1.29 is 42.6 Å². The summed E-state index contributed by atoms with van der Waals surface area (Å²) in [5, 5.41) is 22.5. The van der Waals surface area contributed by atoms with Crippen LogP contribution >= 0.6 is 0 Å². The third-order valence-electron chi connectivity index (χ3n) is 12.0. The topological polar surface area (TPSA) is 242 Å². The Balaban J connectivity index is 0.747. The second kappa shape index (κ2) is 19.3. The Morgan fingerprint density at radius 3 is 2.42 bits per heavy atom. The average molecular weight is 904 g/mol. The van der Waals surface area contributed by atoms with Crippen LogP contribution in [0.3, 0.4) is 0 Å². The molecule has 66 heavy (non-hydrogen) atoms. The van der Waals surface area contributed by atoms with E-state index < -0.39 is 17.9 Å². The molecule has 1 unspecified atom stereocenters. The van der Waals surface area contributed by atoms with E-state index in [1.165, 1.54) is 4.90 Å². The number of hydrogen-bond acceptors (Lipinski definition) is 15. The van der Waals surface area contributed by atoms with Crippen molar-refractivity contribution in [3.63, 3.8) is 0 Å². The Bertz CT molecular complexity index is 2790. The second-order valence-electron chi connectivity index (χ2n) is 16.5. The molecule has 5 N–H and O–H groups in total. The van der Waals surface area contributed by atoms with E-state index in [9.17, 15) is 19.2 Å². The highest BCUT2D eigenvalue weighted by atomic mass is 16.5. The van der Waals surface area contributed by atoms with Crippen LogP contribution < -0.4 is 26.0 Å². The summed E-state index contributed by atoms with van der Waals surface area (Å²) in [6, 6.07) is 10.8. The first-order chi connectivity index (χ1) is 32.1. The number of nitrogens with zero attached hydrogens (tertiary/aromatic N) is 6. The molecule has 1 aliphatic carbocycles. The lowest BCUT2D eigenvalue weighted by molar-refractivity contribution is -0.136. The van der Waals surface area contributed by atoms with Gasteiger partial charge in [-0.2, -0.15) is 5.10 Å². The minimum atomic E-state index is -0.664. The van der Waals surface area contributed by atoms with E-state index in [0.717, 1.165) is 63.3 Å². The summed E-state index contributed by atoms with van der Waals surface area (Å²) in [4.78, 5) is 65.1. The number of hydrogen-bond donors (Lipinski definition) is 5. The first kappa shape index (κ1) is 44.3. The van der Waals surface area contributed by atoms with E-state index in [4.69, 9.17) is 33.6 Å². The number of ether oxygens (including phenoxy) is 4. The van der Waals surface area contributed by atoms with E-state index in [2.05, 4.69) is 42.5 Å². The first-order valence-electron chi connectivity index (χ1n) is 22.3. The fraction of sp³-hybridized carbons (Fsp3) is 0.435. The van der Waals surface area contributed by atoms with Crippen molar-refractivity contribution in [2.45, 2.75) is 71.5 Å². The molecular weight excluding hydrogens is 851 g/mol. The Kier molecular flexibility index (Phi) is 12.9. The maximum absolute atomic E-state index is 13.6. The molecule has 4 aromatic heterocycles. The number of benzene rings is 2. The molecule has 1 saturated heterocycles. The van der Waals surface area contributed by atoms with E-state index in [-0.39, 0.29) is 37.2 Å². The van der Waals surface area contributed by atoms with Gasteiger partial charge >= 0.3 is 0 Å². The number of rotatable bonds is 21. The van der Waals surface area contributed by atoms with Crippen LogP contribution in [0.25, 0.3) is 33.1 Å². The second-order valence-corrected chi connectivity index (χ2v) is 16.5. The number of carbonyl (C=O) groups excluding carboxylic acids is 4. The molecule has 6 heterocycles. The first-order valence-corrected chi connectivity index (χ1v) is 22.3. The predicted octanol–water partition coefficient (Wildman–Crippen LogP) is 4.88. The third kappa shape index (κ3) is 9.16. The van der Waals surface area contributed by atoms with Gasteiger partial charge in [0.15, 0.2) is 0 Å². The van der Waals surface area contributed by atoms with Gasteiger partial charge in [0, 0.05) is 77.9 Å². The molecule has 2 aromatic carbocycles. The summed E-state index contributed by atoms with van der Waals surface area (Å²) in [5.74, 6) is 1.53. The van der Waals surface area contributed by atoms with Crippen LogP contribution in [0.1, 0.15) is 82.2 Å². The molecule has 2 fully saturated rings. The summed E-state index contributed by atoms with van der Waals surface area (Å²) in [5.41, 5.74) is 6.84. The number of methoxy groups -OCH3 is 1. The van der Waals surface area contributed by atoms with Crippen LogP contribution in [0, 0.1) is 13.8 Å². The lowest BCUT2D eigenvalue weighted by Gasteiger charge is -2.29. The number of nitrogens with one attached hydrogen (secondary N) is 5. The highest BCUT2D eigenvalue weighted by Gasteiger charge is 2.40. The normalized spacial score (nSPS) is 16.0. The van der Waals surface area contributed by atoms with Crippen molar-refractivity contribution in [2.24, 2.45) is 0 Å². The van der Waals surface area contributed by atoms with Crippen molar-refractivity contribution in [1.82, 2.24) is 45.4 Å². The molecule has 3 aliphatic rings. The number of imide groups is 1. The molecule has 6 aromatic rings. The van der Waals surface area contributed by atoms with Crippen LogP contribution in [0.4, 0.5) is 17.3 Å². The van der Waals surface area contributed by atoms with Gasteiger partial charge < -0.3 is 49.3 Å². The zero-order valence-corrected chi connectivity index (χ0v) is 37.4. The van der Waals surface area contributed by atoms with E-state index in [1.807, 2.05) is 43.7 Å². The molecular formula is C46H53N11O9. The average Bonchev–Trinajstić information content (AvgIpc) is 3.68. The van der Waals surface area contributed by atoms with Crippen molar-refractivity contribution in [3.05, 3.63) is 70.5 Å². The van der Waals surface area contributed by atoms with Gasteiger partial charge in [-0.25, -0.2) is 14.6 Å². The van der Waals surface area contributed by atoms with Crippen LogP contribution in [0.15, 0.2) is 40.9 Å². The Morgan fingerprint density at radius 2 is 1.71 bits per heavy atom. The molecule has 0 spiro atoms. The number of amides is 4. The predicted molar refractivity (Wildman–Crippen MR) is 242 cm³/mol. The van der Waals surface area contributed by atoms with Gasteiger partial charge in [0.05, 0.1) is 69.1 Å². The molecule has 0 radical (unpaired) electrons.